The van der Waals surface area contributed by atoms with E-state index in [2.05, 4.69) is 18.7 Å². The minimum absolute atomic E-state index is 0.486. The van der Waals surface area contributed by atoms with E-state index in [1.165, 1.54) is 50.7 Å². The Labute approximate surface area is 92.2 Å². The van der Waals surface area contributed by atoms with Gasteiger partial charge in [-0.1, -0.05) is 19.8 Å². The first-order valence-electron chi connectivity index (χ1n) is 6.08. The molecule has 2 aliphatic rings. The van der Waals surface area contributed by atoms with Crippen LogP contribution in [-0.2, 0) is 0 Å². The molecule has 0 aliphatic heterocycles. The molecular formula is C12H23NS. The molecule has 0 aromatic heterocycles. The minimum Gasteiger partial charge on any atom is -0.329 e. The van der Waals surface area contributed by atoms with Gasteiger partial charge in [-0.25, -0.2) is 0 Å². The van der Waals surface area contributed by atoms with Crippen LogP contribution in [0.4, 0.5) is 0 Å². The topological polar surface area (TPSA) is 26.0 Å². The van der Waals surface area contributed by atoms with Gasteiger partial charge in [0.25, 0.3) is 0 Å². The Hall–Kier alpha value is 0.310. The molecule has 2 saturated carbocycles. The molecule has 0 bridgehead atoms. The molecule has 1 nitrogen and oxygen atoms in total. The smallest absolute Gasteiger partial charge is 0.0292 e. The van der Waals surface area contributed by atoms with Crippen molar-refractivity contribution in [1.29, 1.82) is 0 Å². The van der Waals surface area contributed by atoms with Gasteiger partial charge in [-0.05, 0) is 43.3 Å². The maximum atomic E-state index is 5.94. The van der Waals surface area contributed by atoms with Gasteiger partial charge in [0, 0.05) is 11.3 Å². The molecule has 2 rings (SSSR count). The van der Waals surface area contributed by atoms with E-state index < -0.39 is 0 Å². The molecule has 2 aliphatic carbocycles. The summed E-state index contributed by atoms with van der Waals surface area (Å²) >= 11 is 2.15. The van der Waals surface area contributed by atoms with E-state index in [-0.39, 0.29) is 0 Å². The van der Waals surface area contributed by atoms with Crippen LogP contribution in [0.25, 0.3) is 0 Å². The summed E-state index contributed by atoms with van der Waals surface area (Å²) in [5.41, 5.74) is 6.69. The quantitative estimate of drug-likeness (QED) is 0.776. The Morgan fingerprint density at radius 3 is 2.36 bits per heavy atom. The Balaban J connectivity index is 1.86. The number of thioether (sulfide) groups is 1. The van der Waals surface area contributed by atoms with Gasteiger partial charge in [-0.15, -0.1) is 0 Å². The normalized spacial score (nSPS) is 27.9. The fraction of sp³-hybridized carbons (Fsp3) is 1.00. The molecule has 0 atom stereocenters. The van der Waals surface area contributed by atoms with Gasteiger partial charge in [-0.2, -0.15) is 11.8 Å². The standard InChI is InChI=1S/C12H23NS/c1-2-7-14-12(10-13)8-11(9-12)5-3-4-6-11/h2-10,13H2,1H3. The van der Waals surface area contributed by atoms with E-state index in [1.54, 1.807) is 0 Å². The molecule has 0 aromatic rings. The summed E-state index contributed by atoms with van der Waals surface area (Å²) in [6.07, 6.45) is 10.0. The zero-order chi connectivity index (χ0) is 10.1. The van der Waals surface area contributed by atoms with Crippen LogP contribution in [0, 0.1) is 5.41 Å². The van der Waals surface area contributed by atoms with Gasteiger partial charge >= 0.3 is 0 Å². The lowest BCUT2D eigenvalue weighted by atomic mass is 9.60. The lowest BCUT2D eigenvalue weighted by Gasteiger charge is -2.54. The number of nitrogens with two attached hydrogens (primary N) is 1. The fourth-order valence-corrected chi connectivity index (χ4v) is 4.99. The lowest BCUT2D eigenvalue weighted by molar-refractivity contribution is 0.0935. The predicted molar refractivity (Wildman–Crippen MR) is 64.7 cm³/mol. The molecule has 0 amide bonds. The molecule has 82 valence electrons. The van der Waals surface area contributed by atoms with Gasteiger partial charge in [0.2, 0.25) is 0 Å². The molecule has 2 heteroatoms. The van der Waals surface area contributed by atoms with Crippen LogP contribution >= 0.6 is 11.8 Å². The number of hydrogen-bond acceptors (Lipinski definition) is 2. The van der Waals surface area contributed by atoms with Crippen molar-refractivity contribution in [3.63, 3.8) is 0 Å². The first-order valence-corrected chi connectivity index (χ1v) is 7.07. The summed E-state index contributed by atoms with van der Waals surface area (Å²) in [5.74, 6) is 1.30. The SMILES string of the molecule is CCCSC1(CN)CC2(CCCC2)C1. The van der Waals surface area contributed by atoms with Crippen LogP contribution < -0.4 is 5.73 Å². The summed E-state index contributed by atoms with van der Waals surface area (Å²) in [6.45, 7) is 3.17. The Bertz CT molecular complexity index is 188. The summed E-state index contributed by atoms with van der Waals surface area (Å²) in [7, 11) is 0. The Kier molecular flexibility index (Phi) is 3.13. The van der Waals surface area contributed by atoms with Gasteiger partial charge in [0.1, 0.15) is 0 Å². The molecule has 0 saturated heterocycles. The van der Waals surface area contributed by atoms with E-state index in [0.717, 1.165) is 12.0 Å². The van der Waals surface area contributed by atoms with Gasteiger partial charge in [0.05, 0.1) is 0 Å². The molecule has 2 fully saturated rings. The molecular weight excluding hydrogens is 190 g/mol. The third kappa shape index (κ3) is 1.83. The molecule has 2 N–H and O–H groups in total. The maximum absolute atomic E-state index is 5.94. The van der Waals surface area contributed by atoms with Crippen LogP contribution in [-0.4, -0.2) is 17.0 Å². The highest BCUT2D eigenvalue weighted by Crippen LogP contribution is 2.62. The summed E-state index contributed by atoms with van der Waals surface area (Å²) in [5, 5.41) is 0. The lowest BCUT2D eigenvalue weighted by Crippen LogP contribution is -2.53. The van der Waals surface area contributed by atoms with E-state index >= 15 is 0 Å². The zero-order valence-corrected chi connectivity index (χ0v) is 10.2. The number of hydrogen-bond donors (Lipinski definition) is 1. The molecule has 0 aromatic carbocycles. The van der Waals surface area contributed by atoms with Crippen LogP contribution in [0.1, 0.15) is 51.9 Å². The van der Waals surface area contributed by atoms with Crippen molar-refractivity contribution < 1.29 is 0 Å². The van der Waals surface area contributed by atoms with Crippen LogP contribution in [0.5, 0.6) is 0 Å². The second-order valence-electron chi connectivity index (χ2n) is 5.30. The highest BCUT2D eigenvalue weighted by molar-refractivity contribution is 8.00. The van der Waals surface area contributed by atoms with Crippen molar-refractivity contribution in [2.45, 2.75) is 56.6 Å². The first-order chi connectivity index (χ1) is 6.74. The third-order valence-electron chi connectivity index (χ3n) is 4.04. The van der Waals surface area contributed by atoms with E-state index in [9.17, 15) is 0 Å². The van der Waals surface area contributed by atoms with Crippen molar-refractivity contribution >= 4 is 11.8 Å². The molecule has 0 radical (unpaired) electrons. The van der Waals surface area contributed by atoms with E-state index in [1.807, 2.05) is 0 Å². The van der Waals surface area contributed by atoms with Crippen molar-refractivity contribution in [1.82, 2.24) is 0 Å². The summed E-state index contributed by atoms with van der Waals surface area (Å²) in [4.78, 5) is 0. The second kappa shape index (κ2) is 4.05. The molecule has 14 heavy (non-hydrogen) atoms. The van der Waals surface area contributed by atoms with Crippen LogP contribution in [0.2, 0.25) is 0 Å². The third-order valence-corrected chi connectivity index (χ3v) is 5.72. The molecule has 0 heterocycles. The van der Waals surface area contributed by atoms with Crippen LogP contribution in [0.15, 0.2) is 0 Å². The van der Waals surface area contributed by atoms with Crippen molar-refractivity contribution in [3.05, 3.63) is 0 Å². The van der Waals surface area contributed by atoms with Crippen LogP contribution in [0.3, 0.4) is 0 Å². The summed E-state index contributed by atoms with van der Waals surface area (Å²) in [6, 6.07) is 0. The van der Waals surface area contributed by atoms with Gasteiger partial charge in [0.15, 0.2) is 0 Å². The zero-order valence-electron chi connectivity index (χ0n) is 9.35. The van der Waals surface area contributed by atoms with Crippen molar-refractivity contribution in [3.8, 4) is 0 Å². The first kappa shape index (κ1) is 10.8. The predicted octanol–water partition coefficient (Wildman–Crippen LogP) is 3.18. The monoisotopic (exact) mass is 213 g/mol. The van der Waals surface area contributed by atoms with Crippen molar-refractivity contribution in [2.75, 3.05) is 12.3 Å². The maximum Gasteiger partial charge on any atom is 0.0292 e. The van der Waals surface area contributed by atoms with E-state index in [0.29, 0.717) is 4.75 Å². The van der Waals surface area contributed by atoms with Crippen molar-refractivity contribution in [2.24, 2.45) is 11.1 Å². The Morgan fingerprint density at radius 1 is 1.21 bits per heavy atom. The highest BCUT2D eigenvalue weighted by atomic mass is 32.2. The Morgan fingerprint density at radius 2 is 1.86 bits per heavy atom. The van der Waals surface area contributed by atoms with Gasteiger partial charge in [-0.3, -0.25) is 0 Å². The average molecular weight is 213 g/mol. The average Bonchev–Trinajstić information content (AvgIpc) is 2.61. The largest absolute Gasteiger partial charge is 0.329 e. The van der Waals surface area contributed by atoms with Gasteiger partial charge < -0.3 is 5.73 Å². The molecule has 1 spiro atoms. The summed E-state index contributed by atoms with van der Waals surface area (Å²) < 4.78 is 0.486. The fourth-order valence-electron chi connectivity index (χ4n) is 3.42. The minimum atomic E-state index is 0.486. The number of rotatable bonds is 4. The highest BCUT2D eigenvalue weighted by Gasteiger charge is 2.54. The van der Waals surface area contributed by atoms with E-state index in [4.69, 9.17) is 5.73 Å². The molecule has 0 unspecified atom stereocenters. The second-order valence-corrected chi connectivity index (χ2v) is 6.86.